The van der Waals surface area contributed by atoms with Gasteiger partial charge in [0, 0.05) is 5.92 Å². The zero-order valence-corrected chi connectivity index (χ0v) is 18.1. The Bertz CT molecular complexity index is 1290. The maximum Gasteiger partial charge on any atom is 0.351 e. The third kappa shape index (κ3) is 4.12. The Morgan fingerprint density at radius 3 is 2.28 bits per heavy atom. The number of aromatic carboxylic acids is 1. The molecular weight excluding hydrogens is 402 g/mol. The highest BCUT2D eigenvalue weighted by atomic mass is 16.4. The molecule has 1 aromatic heterocycles. The summed E-state index contributed by atoms with van der Waals surface area (Å²) in [5.41, 5.74) is 3.26. The minimum absolute atomic E-state index is 0.134. The van der Waals surface area contributed by atoms with E-state index in [2.05, 4.69) is 18.9 Å². The van der Waals surface area contributed by atoms with Gasteiger partial charge in [0.1, 0.15) is 5.82 Å². The zero-order chi connectivity index (χ0) is 22.7. The molecule has 1 N–H and O–H groups in total. The predicted octanol–water partition coefficient (Wildman–Crippen LogP) is 4.96. The fraction of sp³-hybridized carbons (Fsp3) is 0.192. The predicted molar refractivity (Wildman–Crippen MR) is 124 cm³/mol. The molecule has 0 bridgehead atoms. The van der Waals surface area contributed by atoms with E-state index in [1.807, 2.05) is 60.7 Å². The molecule has 162 valence electrons. The van der Waals surface area contributed by atoms with Crippen molar-refractivity contribution in [2.24, 2.45) is 0 Å². The second-order valence-electron chi connectivity index (χ2n) is 7.83. The lowest BCUT2D eigenvalue weighted by Gasteiger charge is -2.11. The van der Waals surface area contributed by atoms with E-state index in [4.69, 9.17) is 0 Å². The maximum atomic E-state index is 13.2. The van der Waals surface area contributed by atoms with Crippen molar-refractivity contribution in [2.75, 3.05) is 0 Å². The Labute approximate surface area is 186 Å². The van der Waals surface area contributed by atoms with Crippen LogP contribution in [-0.4, -0.2) is 25.4 Å². The summed E-state index contributed by atoms with van der Waals surface area (Å²) in [5, 5.41) is 14.1. The topological polar surface area (TPSA) is 77.1 Å². The Kier molecular flexibility index (Phi) is 6.03. The van der Waals surface area contributed by atoms with Gasteiger partial charge in [-0.25, -0.2) is 9.59 Å². The van der Waals surface area contributed by atoms with E-state index in [-0.39, 0.29) is 17.2 Å². The molecule has 0 amide bonds. The van der Waals surface area contributed by atoms with E-state index < -0.39 is 5.97 Å². The third-order valence-corrected chi connectivity index (χ3v) is 5.71. The lowest BCUT2D eigenvalue weighted by Crippen LogP contribution is -2.25. The van der Waals surface area contributed by atoms with Gasteiger partial charge >= 0.3 is 11.7 Å². The molecule has 1 atom stereocenters. The number of carboxylic acids is 1. The van der Waals surface area contributed by atoms with Crippen LogP contribution in [0.4, 0.5) is 0 Å². The van der Waals surface area contributed by atoms with Gasteiger partial charge in [-0.05, 0) is 41.3 Å². The summed E-state index contributed by atoms with van der Waals surface area (Å²) in [6, 6.07) is 24.0. The molecule has 0 aliphatic heterocycles. The number of benzene rings is 3. The van der Waals surface area contributed by atoms with Crippen molar-refractivity contribution in [3.05, 3.63) is 106 Å². The first kappa shape index (κ1) is 21.3. The summed E-state index contributed by atoms with van der Waals surface area (Å²) >= 11 is 0. The van der Waals surface area contributed by atoms with Crippen LogP contribution >= 0.6 is 0 Å². The summed E-state index contributed by atoms with van der Waals surface area (Å²) in [5.74, 6) is -0.0706. The molecule has 0 saturated carbocycles. The van der Waals surface area contributed by atoms with Crippen LogP contribution in [0.1, 0.15) is 47.9 Å². The van der Waals surface area contributed by atoms with Gasteiger partial charge in [0.05, 0.1) is 17.8 Å². The molecule has 4 aromatic rings. The molecule has 0 radical (unpaired) electrons. The molecule has 0 aliphatic carbocycles. The van der Waals surface area contributed by atoms with E-state index in [1.165, 1.54) is 4.68 Å². The summed E-state index contributed by atoms with van der Waals surface area (Å²) in [6.07, 6.45) is 0.871. The molecule has 3 aromatic carbocycles. The van der Waals surface area contributed by atoms with Crippen molar-refractivity contribution >= 4 is 5.97 Å². The molecule has 32 heavy (non-hydrogen) atoms. The number of hydrogen-bond donors (Lipinski definition) is 1. The van der Waals surface area contributed by atoms with Gasteiger partial charge in [-0.3, -0.25) is 4.57 Å². The number of aromatic nitrogens is 3. The van der Waals surface area contributed by atoms with E-state index in [9.17, 15) is 14.7 Å². The summed E-state index contributed by atoms with van der Waals surface area (Å²) in [7, 11) is 0. The van der Waals surface area contributed by atoms with E-state index in [0.717, 1.165) is 29.1 Å². The minimum atomic E-state index is -0.956. The van der Waals surface area contributed by atoms with Gasteiger partial charge in [-0.15, -0.1) is 5.10 Å². The first-order chi connectivity index (χ1) is 15.5. The molecule has 1 unspecified atom stereocenters. The van der Waals surface area contributed by atoms with Crippen LogP contribution in [0.2, 0.25) is 0 Å². The van der Waals surface area contributed by atoms with Crippen LogP contribution in [0.5, 0.6) is 0 Å². The summed E-state index contributed by atoms with van der Waals surface area (Å²) in [6.45, 7) is 4.54. The molecule has 1 heterocycles. The number of hydrogen-bond acceptors (Lipinski definition) is 3. The molecule has 4 rings (SSSR count). The minimum Gasteiger partial charge on any atom is -0.478 e. The normalized spacial score (nSPS) is 11.9. The first-order valence-electron chi connectivity index (χ1n) is 10.7. The van der Waals surface area contributed by atoms with Gasteiger partial charge < -0.3 is 5.11 Å². The zero-order valence-electron chi connectivity index (χ0n) is 18.1. The quantitative estimate of drug-likeness (QED) is 0.452. The molecule has 0 spiro atoms. The van der Waals surface area contributed by atoms with Crippen LogP contribution in [0.25, 0.3) is 16.8 Å². The van der Waals surface area contributed by atoms with Crippen LogP contribution in [0, 0.1) is 0 Å². The van der Waals surface area contributed by atoms with Gasteiger partial charge in [0.2, 0.25) is 0 Å². The van der Waals surface area contributed by atoms with Crippen LogP contribution < -0.4 is 5.69 Å². The van der Waals surface area contributed by atoms with Crippen molar-refractivity contribution in [2.45, 2.75) is 32.7 Å². The van der Waals surface area contributed by atoms with Crippen LogP contribution in [-0.2, 0) is 6.54 Å². The fourth-order valence-electron chi connectivity index (χ4n) is 3.74. The highest BCUT2D eigenvalue weighted by molar-refractivity contribution is 5.95. The second kappa shape index (κ2) is 9.06. The van der Waals surface area contributed by atoms with E-state index in [0.29, 0.717) is 12.1 Å². The fourth-order valence-corrected chi connectivity index (χ4v) is 3.74. The average molecular weight is 428 g/mol. The Morgan fingerprint density at radius 1 is 0.969 bits per heavy atom. The van der Waals surface area contributed by atoms with Crippen molar-refractivity contribution in [3.8, 4) is 16.8 Å². The average Bonchev–Trinajstić information content (AvgIpc) is 3.15. The number of carboxylic acid groups (broad SMARTS) is 1. The number of nitrogens with zero attached hydrogens (tertiary/aromatic N) is 3. The highest BCUT2D eigenvalue weighted by Crippen LogP contribution is 2.25. The second-order valence-corrected chi connectivity index (χ2v) is 7.83. The first-order valence-corrected chi connectivity index (χ1v) is 10.7. The Hall–Kier alpha value is -3.93. The molecule has 0 saturated heterocycles. The van der Waals surface area contributed by atoms with Gasteiger partial charge in [-0.1, -0.05) is 74.5 Å². The Balaban J connectivity index is 1.70. The molecule has 0 fully saturated rings. The molecule has 0 aliphatic rings. The molecule has 6 nitrogen and oxygen atoms in total. The highest BCUT2D eigenvalue weighted by Gasteiger charge is 2.19. The van der Waals surface area contributed by atoms with Gasteiger partial charge in [-0.2, -0.15) is 4.68 Å². The lowest BCUT2D eigenvalue weighted by atomic mass is 9.98. The molecular formula is C26H25N3O3. The maximum absolute atomic E-state index is 13.2. The smallest absolute Gasteiger partial charge is 0.351 e. The van der Waals surface area contributed by atoms with Crippen molar-refractivity contribution in [1.29, 1.82) is 0 Å². The summed E-state index contributed by atoms with van der Waals surface area (Å²) < 4.78 is 3.18. The lowest BCUT2D eigenvalue weighted by molar-refractivity contribution is 0.0697. The SMILES string of the molecule is CCC(C)c1nn(-c2ccccc2)c(=O)n1Cc1ccc(-c2ccccc2C(=O)O)cc1. The van der Waals surface area contributed by atoms with Crippen LogP contribution in [0.15, 0.2) is 83.7 Å². The largest absolute Gasteiger partial charge is 0.478 e. The van der Waals surface area contributed by atoms with E-state index in [1.54, 1.807) is 22.8 Å². The number of carbonyl (C=O) groups is 1. The number of para-hydroxylation sites is 1. The van der Waals surface area contributed by atoms with Crippen molar-refractivity contribution in [3.63, 3.8) is 0 Å². The van der Waals surface area contributed by atoms with Crippen LogP contribution in [0.3, 0.4) is 0 Å². The van der Waals surface area contributed by atoms with Crippen molar-refractivity contribution < 1.29 is 9.90 Å². The van der Waals surface area contributed by atoms with Crippen molar-refractivity contribution in [1.82, 2.24) is 14.3 Å². The summed E-state index contributed by atoms with van der Waals surface area (Å²) in [4.78, 5) is 24.8. The van der Waals surface area contributed by atoms with Gasteiger partial charge in [0.25, 0.3) is 0 Å². The monoisotopic (exact) mass is 427 g/mol. The molecule has 6 heteroatoms. The van der Waals surface area contributed by atoms with E-state index >= 15 is 0 Å². The standard InChI is InChI=1S/C26H25N3O3/c1-3-18(2)24-27-29(21-9-5-4-6-10-21)26(32)28(24)17-19-13-15-20(16-14-19)22-11-7-8-12-23(22)25(30)31/h4-16,18H,3,17H2,1-2H3,(H,30,31). The third-order valence-electron chi connectivity index (χ3n) is 5.71. The van der Waals surface area contributed by atoms with Gasteiger partial charge in [0.15, 0.2) is 0 Å². The Morgan fingerprint density at radius 2 is 1.62 bits per heavy atom. The number of rotatable bonds is 7.